The fourth-order valence-electron chi connectivity index (χ4n) is 7.64. The summed E-state index contributed by atoms with van der Waals surface area (Å²) in [7, 11) is 0. The van der Waals surface area contributed by atoms with Crippen molar-refractivity contribution in [2.75, 3.05) is 0 Å². The summed E-state index contributed by atoms with van der Waals surface area (Å²) in [6.45, 7) is 0. The van der Waals surface area contributed by atoms with Gasteiger partial charge in [-0.25, -0.2) is 0 Å². The zero-order chi connectivity index (χ0) is 32.9. The maximum atomic E-state index is 10.6. The van der Waals surface area contributed by atoms with E-state index in [0.29, 0.717) is 11.1 Å². The van der Waals surface area contributed by atoms with Gasteiger partial charge in [0.15, 0.2) is 0 Å². The van der Waals surface area contributed by atoms with Crippen LogP contribution in [-0.4, -0.2) is 4.57 Å². The Hall–Kier alpha value is -6.94. The number of fused-ring (bicyclic) bond motifs is 5. The van der Waals surface area contributed by atoms with Crippen molar-refractivity contribution in [2.45, 2.75) is 0 Å². The highest BCUT2D eigenvalue weighted by Gasteiger charge is 2.23. The lowest BCUT2D eigenvalue weighted by atomic mass is 9.83. The van der Waals surface area contributed by atoms with Crippen LogP contribution in [0.3, 0.4) is 0 Å². The molecule has 1 heterocycles. The van der Waals surface area contributed by atoms with Gasteiger partial charge in [0.1, 0.15) is 6.07 Å². The number of hydrogen-bond donors (Lipinski definition) is 0. The Morgan fingerprint density at radius 2 is 0.918 bits per heavy atom. The molecule has 0 bridgehead atoms. The molecule has 1 aromatic heterocycles. The van der Waals surface area contributed by atoms with E-state index in [1.807, 2.05) is 36.4 Å². The smallest absolute Gasteiger partial charge is 0.101 e. The second-order valence-corrected chi connectivity index (χ2v) is 12.3. The van der Waals surface area contributed by atoms with Crippen molar-refractivity contribution < 1.29 is 0 Å². The second-order valence-electron chi connectivity index (χ2n) is 12.3. The Kier molecular flexibility index (Phi) is 6.58. The van der Waals surface area contributed by atoms with Crippen LogP contribution in [0, 0.1) is 22.7 Å². The highest BCUT2D eigenvalue weighted by atomic mass is 15.0. The monoisotopic (exact) mass is 621 g/mol. The third-order valence-electron chi connectivity index (χ3n) is 9.66. The van der Waals surface area contributed by atoms with Crippen molar-refractivity contribution in [1.82, 2.24) is 4.57 Å². The first kappa shape index (κ1) is 28.3. The maximum absolute atomic E-state index is 10.6. The predicted octanol–water partition coefficient (Wildman–Crippen LogP) is 11.8. The summed E-state index contributed by atoms with van der Waals surface area (Å²) in [6.07, 6.45) is 0. The van der Waals surface area contributed by atoms with Crippen LogP contribution in [0.4, 0.5) is 0 Å². The zero-order valence-corrected chi connectivity index (χ0v) is 26.4. The van der Waals surface area contributed by atoms with Crippen molar-refractivity contribution in [3.63, 3.8) is 0 Å². The lowest BCUT2D eigenvalue weighted by Gasteiger charge is -2.22. The highest BCUT2D eigenvalue weighted by molar-refractivity contribution is 6.22. The molecule has 226 valence electrons. The van der Waals surface area contributed by atoms with Crippen molar-refractivity contribution >= 4 is 43.4 Å². The highest BCUT2D eigenvalue weighted by Crippen LogP contribution is 2.47. The summed E-state index contributed by atoms with van der Waals surface area (Å²) >= 11 is 0. The van der Waals surface area contributed by atoms with Gasteiger partial charge in [0, 0.05) is 16.3 Å². The summed E-state index contributed by atoms with van der Waals surface area (Å²) in [6, 6.07) is 61.3. The van der Waals surface area contributed by atoms with E-state index in [0.717, 1.165) is 76.9 Å². The molecular formula is C46H27N3. The van der Waals surface area contributed by atoms with Crippen LogP contribution in [0.2, 0.25) is 0 Å². The molecule has 3 heteroatoms. The zero-order valence-electron chi connectivity index (χ0n) is 26.4. The number of benzene rings is 8. The van der Waals surface area contributed by atoms with Gasteiger partial charge in [0.25, 0.3) is 0 Å². The van der Waals surface area contributed by atoms with Crippen molar-refractivity contribution in [2.24, 2.45) is 0 Å². The number of hydrogen-bond acceptors (Lipinski definition) is 2. The summed E-state index contributed by atoms with van der Waals surface area (Å²) in [5.41, 5.74) is 10.2. The third kappa shape index (κ3) is 4.35. The minimum atomic E-state index is 0.559. The Labute approximate surface area is 283 Å². The van der Waals surface area contributed by atoms with Crippen molar-refractivity contribution in [3.8, 4) is 51.2 Å². The van der Waals surface area contributed by atoms with Crippen LogP contribution in [0.25, 0.3) is 82.4 Å². The van der Waals surface area contributed by atoms with E-state index in [9.17, 15) is 10.5 Å². The fraction of sp³-hybridized carbons (Fsp3) is 0. The van der Waals surface area contributed by atoms with Crippen LogP contribution >= 0.6 is 0 Å². The molecule has 0 amide bonds. The van der Waals surface area contributed by atoms with Crippen molar-refractivity contribution in [3.05, 3.63) is 175 Å². The summed E-state index contributed by atoms with van der Waals surface area (Å²) < 4.78 is 2.22. The van der Waals surface area contributed by atoms with Crippen LogP contribution in [0.5, 0.6) is 0 Å². The Bertz CT molecular complexity index is 2740. The topological polar surface area (TPSA) is 52.5 Å². The molecule has 0 radical (unpaired) electrons. The molecule has 0 saturated carbocycles. The van der Waals surface area contributed by atoms with Gasteiger partial charge in [0.05, 0.1) is 33.9 Å². The molecule has 9 aromatic rings. The first-order valence-corrected chi connectivity index (χ1v) is 16.3. The number of nitrogens with zero attached hydrogens (tertiary/aromatic N) is 3. The Morgan fingerprint density at radius 1 is 0.388 bits per heavy atom. The molecule has 0 atom stereocenters. The molecule has 3 nitrogen and oxygen atoms in total. The van der Waals surface area contributed by atoms with E-state index in [1.165, 1.54) is 5.56 Å². The van der Waals surface area contributed by atoms with Crippen LogP contribution in [0.15, 0.2) is 164 Å². The Morgan fingerprint density at radius 3 is 1.49 bits per heavy atom. The molecule has 0 unspecified atom stereocenters. The van der Waals surface area contributed by atoms with Gasteiger partial charge in [-0.2, -0.15) is 10.5 Å². The normalized spacial score (nSPS) is 11.2. The lowest BCUT2D eigenvalue weighted by molar-refractivity contribution is 1.17. The molecule has 49 heavy (non-hydrogen) atoms. The molecule has 0 aliphatic rings. The minimum absolute atomic E-state index is 0.559. The predicted molar refractivity (Wildman–Crippen MR) is 202 cm³/mol. The molecule has 0 aliphatic carbocycles. The van der Waals surface area contributed by atoms with E-state index in [2.05, 4.69) is 144 Å². The number of para-hydroxylation sites is 3. The van der Waals surface area contributed by atoms with E-state index in [-0.39, 0.29) is 0 Å². The molecule has 8 aromatic carbocycles. The quantitative estimate of drug-likeness (QED) is 0.184. The van der Waals surface area contributed by atoms with Crippen LogP contribution in [-0.2, 0) is 0 Å². The Balaban J connectivity index is 1.44. The van der Waals surface area contributed by atoms with Crippen molar-refractivity contribution in [1.29, 1.82) is 10.5 Å². The summed E-state index contributed by atoms with van der Waals surface area (Å²) in [4.78, 5) is 0. The van der Waals surface area contributed by atoms with Gasteiger partial charge in [-0.1, -0.05) is 133 Å². The van der Waals surface area contributed by atoms with Crippen LogP contribution < -0.4 is 0 Å². The summed E-state index contributed by atoms with van der Waals surface area (Å²) in [5.74, 6) is 0. The second kappa shape index (κ2) is 11.4. The van der Waals surface area contributed by atoms with Gasteiger partial charge < -0.3 is 4.57 Å². The first-order valence-electron chi connectivity index (χ1n) is 16.3. The number of rotatable bonds is 4. The van der Waals surface area contributed by atoms with Gasteiger partial charge in [-0.15, -0.1) is 0 Å². The molecule has 0 aliphatic heterocycles. The SMILES string of the molecule is N#Cc1ccc(-c2c3ccccc3c(-c3ccccc3)c3ccccc23)c(-c2cccc(C#N)c2-n2c3ccccc3c3ccccc32)c1. The average Bonchev–Trinajstić information content (AvgIpc) is 3.50. The fourth-order valence-corrected chi connectivity index (χ4v) is 7.64. The van der Waals surface area contributed by atoms with E-state index in [4.69, 9.17) is 0 Å². The summed E-state index contributed by atoms with van der Waals surface area (Å²) in [5, 5.41) is 27.6. The largest absolute Gasteiger partial charge is 0.307 e. The molecule has 9 rings (SSSR count). The van der Waals surface area contributed by atoms with E-state index < -0.39 is 0 Å². The molecule has 0 N–H and O–H groups in total. The number of aromatic nitrogens is 1. The molecule has 0 fully saturated rings. The van der Waals surface area contributed by atoms with Gasteiger partial charge in [-0.05, 0) is 79.7 Å². The first-order chi connectivity index (χ1) is 24.3. The van der Waals surface area contributed by atoms with E-state index in [1.54, 1.807) is 0 Å². The number of nitriles is 2. The standard InChI is InChI=1S/C46H27N3/c47-28-30-25-26-39(45-37-20-6-4-18-35(37)44(31-13-2-1-3-14-31)36-19-5-7-21-38(36)45)41(27-30)40-22-12-15-32(29-48)46(40)49-42-23-10-8-16-33(42)34-17-9-11-24-43(34)49/h1-27H. The maximum Gasteiger partial charge on any atom is 0.101 e. The third-order valence-corrected chi connectivity index (χ3v) is 9.66. The van der Waals surface area contributed by atoms with Gasteiger partial charge in [-0.3, -0.25) is 0 Å². The van der Waals surface area contributed by atoms with Gasteiger partial charge >= 0.3 is 0 Å². The molecule has 0 spiro atoms. The van der Waals surface area contributed by atoms with Gasteiger partial charge in [0.2, 0.25) is 0 Å². The van der Waals surface area contributed by atoms with Crippen LogP contribution in [0.1, 0.15) is 11.1 Å². The molecule has 0 saturated heterocycles. The minimum Gasteiger partial charge on any atom is -0.307 e. The average molecular weight is 622 g/mol. The molecular weight excluding hydrogens is 595 g/mol. The lowest BCUT2D eigenvalue weighted by Crippen LogP contribution is -2.02. The van der Waals surface area contributed by atoms with E-state index >= 15 is 0 Å².